The van der Waals surface area contributed by atoms with Crippen molar-refractivity contribution in [3.63, 3.8) is 0 Å². The lowest BCUT2D eigenvalue weighted by Gasteiger charge is -2.35. The summed E-state index contributed by atoms with van der Waals surface area (Å²) in [4.78, 5) is 2.32. The van der Waals surface area contributed by atoms with Crippen molar-refractivity contribution < 1.29 is 4.39 Å². The first kappa shape index (κ1) is 16.7. The van der Waals surface area contributed by atoms with Crippen LogP contribution in [0.1, 0.15) is 17.2 Å². The molecule has 1 aliphatic rings. The van der Waals surface area contributed by atoms with Gasteiger partial charge in [0.05, 0.1) is 6.04 Å². The van der Waals surface area contributed by atoms with Crippen LogP contribution in [0.4, 0.5) is 4.39 Å². The minimum absolute atomic E-state index is 0. The molecule has 2 nitrogen and oxygen atoms in total. The zero-order valence-electron chi connectivity index (χ0n) is 11.4. The Morgan fingerprint density at radius 3 is 2.62 bits per heavy atom. The highest BCUT2D eigenvalue weighted by molar-refractivity contribution is 7.08. The molecule has 1 fully saturated rings. The third kappa shape index (κ3) is 3.76. The predicted molar refractivity (Wildman–Crippen MR) is 89.3 cm³/mol. The summed E-state index contributed by atoms with van der Waals surface area (Å²) in [5, 5.41) is 7.91. The van der Waals surface area contributed by atoms with Gasteiger partial charge in [-0.25, -0.2) is 4.39 Å². The Morgan fingerprint density at radius 1 is 1.24 bits per heavy atom. The Labute approximate surface area is 139 Å². The van der Waals surface area contributed by atoms with E-state index in [1.54, 1.807) is 17.4 Å². The highest BCUT2D eigenvalue weighted by Crippen LogP contribution is 2.32. The standard InChI is InChI=1S/C15H16ClFN2S.ClH/c16-12-1-2-13(14(17)9-12)15(11-3-8-20-10-11)19-6-4-18-5-7-19;/h1-3,8-10,15,18H,4-7H2;1H/t15-;/m1./s1. The van der Waals surface area contributed by atoms with Gasteiger partial charge >= 0.3 is 0 Å². The number of benzene rings is 1. The first-order valence-electron chi connectivity index (χ1n) is 6.67. The van der Waals surface area contributed by atoms with Crippen LogP contribution in [0.25, 0.3) is 0 Å². The maximum atomic E-state index is 14.3. The minimum Gasteiger partial charge on any atom is -0.314 e. The second-order valence-corrected chi connectivity index (χ2v) is 6.13. The zero-order valence-corrected chi connectivity index (χ0v) is 13.8. The number of piperazine rings is 1. The summed E-state index contributed by atoms with van der Waals surface area (Å²) < 4.78 is 14.3. The highest BCUT2D eigenvalue weighted by atomic mass is 35.5. The molecule has 3 rings (SSSR count). The summed E-state index contributed by atoms with van der Waals surface area (Å²) in [6, 6.07) is 7.02. The molecule has 0 amide bonds. The van der Waals surface area contributed by atoms with E-state index in [-0.39, 0.29) is 24.3 Å². The molecule has 0 radical (unpaired) electrons. The van der Waals surface area contributed by atoms with Crippen LogP contribution in [0.2, 0.25) is 5.02 Å². The molecule has 1 aliphatic heterocycles. The van der Waals surface area contributed by atoms with Gasteiger partial charge in [0.25, 0.3) is 0 Å². The van der Waals surface area contributed by atoms with E-state index in [0.717, 1.165) is 31.7 Å². The summed E-state index contributed by atoms with van der Waals surface area (Å²) in [6.45, 7) is 3.72. The first-order chi connectivity index (χ1) is 9.75. The average Bonchev–Trinajstić information content (AvgIpc) is 2.97. The van der Waals surface area contributed by atoms with Gasteiger partial charge in [0.1, 0.15) is 5.82 Å². The van der Waals surface area contributed by atoms with E-state index < -0.39 is 0 Å². The monoisotopic (exact) mass is 346 g/mol. The molecule has 1 saturated heterocycles. The fraction of sp³-hybridized carbons (Fsp3) is 0.333. The van der Waals surface area contributed by atoms with E-state index in [0.29, 0.717) is 10.6 Å². The smallest absolute Gasteiger partial charge is 0.129 e. The van der Waals surface area contributed by atoms with Gasteiger partial charge in [0.2, 0.25) is 0 Å². The normalized spacial score (nSPS) is 17.2. The Morgan fingerprint density at radius 2 is 2.00 bits per heavy atom. The number of nitrogens with one attached hydrogen (secondary N) is 1. The number of thiophene rings is 1. The average molecular weight is 347 g/mol. The van der Waals surface area contributed by atoms with Crippen molar-refractivity contribution in [2.24, 2.45) is 0 Å². The lowest BCUT2D eigenvalue weighted by atomic mass is 9.98. The van der Waals surface area contributed by atoms with Gasteiger partial charge in [-0.05, 0) is 34.5 Å². The van der Waals surface area contributed by atoms with Gasteiger partial charge in [0.15, 0.2) is 0 Å². The van der Waals surface area contributed by atoms with Crippen LogP contribution in [0.15, 0.2) is 35.0 Å². The molecule has 21 heavy (non-hydrogen) atoms. The molecule has 6 heteroatoms. The maximum Gasteiger partial charge on any atom is 0.129 e. The molecule has 0 bridgehead atoms. The second-order valence-electron chi connectivity index (χ2n) is 4.91. The molecule has 0 saturated carbocycles. The van der Waals surface area contributed by atoms with Gasteiger partial charge < -0.3 is 5.32 Å². The van der Waals surface area contributed by atoms with Crippen LogP contribution >= 0.6 is 35.3 Å². The third-order valence-corrected chi connectivity index (χ3v) is 4.57. The maximum absolute atomic E-state index is 14.3. The molecule has 114 valence electrons. The minimum atomic E-state index is -0.229. The van der Waals surface area contributed by atoms with Crippen LogP contribution in [0.3, 0.4) is 0 Å². The fourth-order valence-corrected chi connectivity index (χ4v) is 3.52. The first-order valence-corrected chi connectivity index (χ1v) is 7.99. The van der Waals surface area contributed by atoms with Crippen molar-refractivity contribution in [2.75, 3.05) is 26.2 Å². The van der Waals surface area contributed by atoms with Crippen molar-refractivity contribution >= 4 is 35.3 Å². The van der Waals surface area contributed by atoms with Gasteiger partial charge in [-0.2, -0.15) is 11.3 Å². The molecule has 0 aliphatic carbocycles. The molecule has 1 aromatic carbocycles. The van der Waals surface area contributed by atoms with Crippen LogP contribution in [0, 0.1) is 5.82 Å². The third-order valence-electron chi connectivity index (χ3n) is 3.63. The summed E-state index contributed by atoms with van der Waals surface area (Å²) in [7, 11) is 0. The Hall–Kier alpha value is -0.650. The van der Waals surface area contributed by atoms with Crippen molar-refractivity contribution in [3.8, 4) is 0 Å². The van der Waals surface area contributed by atoms with E-state index in [2.05, 4.69) is 21.7 Å². The Balaban J connectivity index is 0.00000161. The number of rotatable bonds is 3. The van der Waals surface area contributed by atoms with Crippen molar-refractivity contribution in [3.05, 3.63) is 57.0 Å². The highest BCUT2D eigenvalue weighted by Gasteiger charge is 2.26. The van der Waals surface area contributed by atoms with Crippen molar-refractivity contribution in [2.45, 2.75) is 6.04 Å². The number of hydrogen-bond donors (Lipinski definition) is 1. The van der Waals surface area contributed by atoms with Crippen LogP contribution < -0.4 is 5.32 Å². The molecule has 2 heterocycles. The second kappa shape index (κ2) is 7.56. The van der Waals surface area contributed by atoms with E-state index in [1.165, 1.54) is 6.07 Å². The molecule has 0 unspecified atom stereocenters. The van der Waals surface area contributed by atoms with E-state index >= 15 is 0 Å². The lowest BCUT2D eigenvalue weighted by Crippen LogP contribution is -2.45. The van der Waals surface area contributed by atoms with Crippen molar-refractivity contribution in [1.29, 1.82) is 0 Å². The number of halogens is 3. The number of nitrogens with zero attached hydrogens (tertiary/aromatic N) is 1. The van der Waals surface area contributed by atoms with E-state index in [4.69, 9.17) is 11.6 Å². The summed E-state index contributed by atoms with van der Waals surface area (Å²) in [5.41, 5.74) is 1.85. The quantitative estimate of drug-likeness (QED) is 0.904. The molecule has 1 atom stereocenters. The van der Waals surface area contributed by atoms with Gasteiger partial charge in [0, 0.05) is 36.8 Å². The van der Waals surface area contributed by atoms with Gasteiger partial charge in [-0.3, -0.25) is 4.90 Å². The molecule has 2 aromatic rings. The molecule has 0 spiro atoms. The van der Waals surface area contributed by atoms with Crippen molar-refractivity contribution in [1.82, 2.24) is 10.2 Å². The number of hydrogen-bond acceptors (Lipinski definition) is 3. The van der Waals surface area contributed by atoms with E-state index in [1.807, 2.05) is 11.4 Å². The molecule has 1 aromatic heterocycles. The largest absolute Gasteiger partial charge is 0.314 e. The lowest BCUT2D eigenvalue weighted by molar-refractivity contribution is 0.195. The SMILES string of the molecule is Cl.Fc1cc(Cl)ccc1[C@@H](c1ccsc1)N1CCNCC1. The summed E-state index contributed by atoms with van der Waals surface area (Å²) in [6.07, 6.45) is 0. The van der Waals surface area contributed by atoms with Crippen LogP contribution in [-0.4, -0.2) is 31.1 Å². The van der Waals surface area contributed by atoms with Gasteiger partial charge in [-0.15, -0.1) is 12.4 Å². The van der Waals surface area contributed by atoms with Crippen LogP contribution in [-0.2, 0) is 0 Å². The predicted octanol–water partition coefficient (Wildman–Crippen LogP) is 3.96. The van der Waals surface area contributed by atoms with E-state index in [9.17, 15) is 4.39 Å². The Bertz CT molecular complexity index is 571. The summed E-state index contributed by atoms with van der Waals surface area (Å²) >= 11 is 7.52. The topological polar surface area (TPSA) is 15.3 Å². The van der Waals surface area contributed by atoms with Gasteiger partial charge in [-0.1, -0.05) is 17.7 Å². The molecule has 1 N–H and O–H groups in total. The summed E-state index contributed by atoms with van der Waals surface area (Å²) in [5.74, 6) is -0.229. The molecular weight excluding hydrogens is 330 g/mol. The zero-order chi connectivity index (χ0) is 13.9. The Kier molecular flexibility index (Phi) is 6.02. The molecular formula is C15H17Cl2FN2S. The van der Waals surface area contributed by atoms with Crippen LogP contribution in [0.5, 0.6) is 0 Å². The fourth-order valence-electron chi connectivity index (χ4n) is 2.68.